The highest BCUT2D eigenvalue weighted by atomic mass is 16.6. The second-order valence-corrected chi connectivity index (χ2v) is 7.27. The molecule has 1 aromatic rings. The van der Waals surface area contributed by atoms with Crippen LogP contribution in [0.5, 0.6) is 0 Å². The first-order valence-electron chi connectivity index (χ1n) is 8.22. The van der Waals surface area contributed by atoms with E-state index in [1.165, 1.54) is 0 Å². The molecular weight excluding hydrogens is 330 g/mol. The molecule has 3 heterocycles. The van der Waals surface area contributed by atoms with Crippen molar-refractivity contribution in [2.45, 2.75) is 44.9 Å². The van der Waals surface area contributed by atoms with Crippen molar-refractivity contribution >= 4 is 17.8 Å². The maximum absolute atomic E-state index is 12.8. The number of aromatic nitrogens is 2. The summed E-state index contributed by atoms with van der Waals surface area (Å²) in [5, 5.41) is 7.06. The smallest absolute Gasteiger partial charge is 0.410 e. The van der Waals surface area contributed by atoms with E-state index in [0.29, 0.717) is 32.7 Å². The number of carbonyl (C=O) groups is 2. The van der Waals surface area contributed by atoms with Crippen molar-refractivity contribution in [3.8, 4) is 0 Å². The topological polar surface area (TPSA) is 124 Å². The van der Waals surface area contributed by atoms with Crippen LogP contribution in [0.2, 0.25) is 0 Å². The van der Waals surface area contributed by atoms with E-state index in [1.54, 1.807) is 9.80 Å². The third kappa shape index (κ3) is 3.68. The summed E-state index contributed by atoms with van der Waals surface area (Å²) in [6.07, 6.45) is 0.183. The van der Waals surface area contributed by atoms with E-state index < -0.39 is 11.7 Å². The van der Waals surface area contributed by atoms with Crippen LogP contribution in [-0.4, -0.2) is 76.1 Å². The highest BCUT2D eigenvalue weighted by molar-refractivity contribution is 5.96. The highest BCUT2D eigenvalue weighted by Crippen LogP contribution is 2.25. The van der Waals surface area contributed by atoms with Gasteiger partial charge in [0.1, 0.15) is 5.60 Å². The molecule has 2 fully saturated rings. The molecule has 2 unspecified atom stereocenters. The molecular formula is C15H23N5O5. The molecule has 2 aliphatic rings. The van der Waals surface area contributed by atoms with Gasteiger partial charge in [0.05, 0.1) is 25.3 Å². The van der Waals surface area contributed by atoms with Crippen molar-refractivity contribution in [1.29, 1.82) is 0 Å². The molecule has 0 radical (unpaired) electrons. The van der Waals surface area contributed by atoms with Crippen LogP contribution < -0.4 is 5.73 Å². The third-order valence-corrected chi connectivity index (χ3v) is 4.17. The van der Waals surface area contributed by atoms with E-state index in [4.69, 9.17) is 15.2 Å². The molecule has 1 aromatic heterocycles. The summed E-state index contributed by atoms with van der Waals surface area (Å²) in [5.74, 6) is -0.402. The predicted octanol–water partition coefficient (Wildman–Crippen LogP) is 0.502. The molecule has 2 amide bonds. The normalized spacial score (nSPS) is 24.0. The van der Waals surface area contributed by atoms with Crippen LogP contribution in [0.3, 0.4) is 0 Å². The lowest BCUT2D eigenvalue weighted by molar-refractivity contribution is -0.0341. The van der Waals surface area contributed by atoms with Crippen molar-refractivity contribution in [3.05, 3.63) is 5.69 Å². The molecule has 2 saturated heterocycles. The Kier molecular flexibility index (Phi) is 4.55. The first-order chi connectivity index (χ1) is 11.8. The lowest BCUT2D eigenvalue weighted by Gasteiger charge is -2.39. The van der Waals surface area contributed by atoms with Gasteiger partial charge in [0.25, 0.3) is 5.91 Å². The molecule has 2 atom stereocenters. The molecule has 2 bridgehead atoms. The molecule has 0 saturated carbocycles. The first kappa shape index (κ1) is 17.5. The average Bonchev–Trinajstić information content (AvgIpc) is 2.90. The summed E-state index contributed by atoms with van der Waals surface area (Å²) in [7, 11) is 0. The zero-order chi connectivity index (χ0) is 18.2. The lowest BCUT2D eigenvalue weighted by Crippen LogP contribution is -2.56. The van der Waals surface area contributed by atoms with Gasteiger partial charge in [0, 0.05) is 13.1 Å². The zero-order valence-corrected chi connectivity index (χ0v) is 14.6. The number of nitrogen functional groups attached to an aromatic ring is 1. The molecule has 2 N–H and O–H groups in total. The first-order valence-corrected chi connectivity index (χ1v) is 8.22. The van der Waals surface area contributed by atoms with Gasteiger partial charge in [-0.1, -0.05) is 0 Å². The number of morpholine rings is 1. The average molecular weight is 353 g/mol. The van der Waals surface area contributed by atoms with Gasteiger partial charge in [-0.15, -0.1) is 0 Å². The second kappa shape index (κ2) is 6.51. The van der Waals surface area contributed by atoms with Crippen LogP contribution in [0, 0.1) is 0 Å². The summed E-state index contributed by atoms with van der Waals surface area (Å²) in [6.45, 7) is 6.99. The maximum atomic E-state index is 12.8. The minimum absolute atomic E-state index is 0.0115. The fourth-order valence-electron chi connectivity index (χ4n) is 3.10. The molecule has 10 nitrogen and oxygen atoms in total. The van der Waals surface area contributed by atoms with Crippen LogP contribution in [0.4, 0.5) is 10.6 Å². The van der Waals surface area contributed by atoms with Gasteiger partial charge in [-0.05, 0) is 37.5 Å². The summed E-state index contributed by atoms with van der Waals surface area (Å²) in [4.78, 5) is 28.6. The van der Waals surface area contributed by atoms with Crippen LogP contribution in [0.15, 0.2) is 4.63 Å². The lowest BCUT2D eigenvalue weighted by atomic mass is 10.1. The maximum Gasteiger partial charge on any atom is 0.410 e. The van der Waals surface area contributed by atoms with Crippen LogP contribution in [0.1, 0.15) is 37.7 Å². The van der Waals surface area contributed by atoms with Gasteiger partial charge in [0.2, 0.25) is 11.5 Å². The number of nitrogens with two attached hydrogens (primary N) is 1. The Labute approximate surface area is 145 Å². The zero-order valence-electron chi connectivity index (χ0n) is 14.6. The highest BCUT2D eigenvalue weighted by Gasteiger charge is 2.42. The van der Waals surface area contributed by atoms with E-state index in [-0.39, 0.29) is 29.5 Å². The molecule has 0 aliphatic carbocycles. The van der Waals surface area contributed by atoms with E-state index in [1.807, 2.05) is 20.8 Å². The van der Waals surface area contributed by atoms with Crippen LogP contribution in [0.25, 0.3) is 0 Å². The fraction of sp³-hybridized carbons (Fsp3) is 0.733. The van der Waals surface area contributed by atoms with E-state index in [0.717, 1.165) is 0 Å². The Morgan fingerprint density at radius 1 is 1.24 bits per heavy atom. The van der Waals surface area contributed by atoms with Gasteiger partial charge in [-0.2, -0.15) is 0 Å². The van der Waals surface area contributed by atoms with Crippen molar-refractivity contribution in [1.82, 2.24) is 20.1 Å². The van der Waals surface area contributed by atoms with Gasteiger partial charge < -0.3 is 25.0 Å². The Hall–Kier alpha value is -2.36. The summed E-state index contributed by atoms with van der Waals surface area (Å²) in [6, 6.07) is -0.479. The number of carbonyl (C=O) groups excluding carboxylic acids is 2. The Morgan fingerprint density at radius 3 is 2.60 bits per heavy atom. The molecule has 138 valence electrons. The monoisotopic (exact) mass is 353 g/mol. The molecule has 3 rings (SSSR count). The molecule has 0 spiro atoms. The van der Waals surface area contributed by atoms with E-state index in [2.05, 4.69) is 14.9 Å². The second-order valence-electron chi connectivity index (χ2n) is 7.27. The minimum Gasteiger partial charge on any atom is -0.444 e. The fourth-order valence-corrected chi connectivity index (χ4v) is 3.10. The van der Waals surface area contributed by atoms with E-state index in [9.17, 15) is 9.59 Å². The minimum atomic E-state index is -0.578. The van der Waals surface area contributed by atoms with Crippen LogP contribution >= 0.6 is 0 Å². The standard InChI is InChI=1S/C15H23N5O5/c1-15(2,3)24-14(22)19-5-4-9-7-23-8-10(6-19)20(9)13(21)11-12(16)18-25-17-11/h9-10H,4-8H2,1-3H3,(H2,16,18). The summed E-state index contributed by atoms with van der Waals surface area (Å²) >= 11 is 0. The van der Waals surface area contributed by atoms with Crippen molar-refractivity contribution in [3.63, 3.8) is 0 Å². The van der Waals surface area contributed by atoms with Gasteiger partial charge in [-0.25, -0.2) is 9.42 Å². The summed E-state index contributed by atoms with van der Waals surface area (Å²) < 4.78 is 15.6. The number of amides is 2. The SMILES string of the molecule is CC(C)(C)OC(=O)N1CCC2COCC(C1)N2C(=O)c1nonc1N. The van der Waals surface area contributed by atoms with E-state index >= 15 is 0 Å². The number of rotatable bonds is 1. The third-order valence-electron chi connectivity index (χ3n) is 4.17. The van der Waals surface area contributed by atoms with Crippen molar-refractivity contribution in [2.75, 3.05) is 32.0 Å². The van der Waals surface area contributed by atoms with Crippen molar-refractivity contribution in [2.24, 2.45) is 0 Å². The predicted molar refractivity (Wildman–Crippen MR) is 85.7 cm³/mol. The van der Waals surface area contributed by atoms with Crippen molar-refractivity contribution < 1.29 is 23.7 Å². The number of fused-ring (bicyclic) bond motifs is 2. The Balaban J connectivity index is 1.79. The number of nitrogens with zero attached hydrogens (tertiary/aromatic N) is 4. The summed E-state index contributed by atoms with van der Waals surface area (Å²) in [5.41, 5.74) is 5.06. The number of anilines is 1. The Bertz CT molecular complexity index is 655. The Morgan fingerprint density at radius 2 is 1.96 bits per heavy atom. The molecule has 10 heteroatoms. The number of ether oxygens (including phenoxy) is 2. The molecule has 25 heavy (non-hydrogen) atoms. The number of hydrogen-bond acceptors (Lipinski definition) is 8. The van der Waals surface area contributed by atoms with Gasteiger partial charge >= 0.3 is 6.09 Å². The largest absolute Gasteiger partial charge is 0.444 e. The quantitative estimate of drug-likeness (QED) is 0.774. The number of hydrogen-bond donors (Lipinski definition) is 1. The van der Waals surface area contributed by atoms with Gasteiger partial charge in [0.15, 0.2) is 0 Å². The van der Waals surface area contributed by atoms with Gasteiger partial charge in [-0.3, -0.25) is 4.79 Å². The van der Waals surface area contributed by atoms with Crippen LogP contribution in [-0.2, 0) is 9.47 Å². The molecule has 0 aromatic carbocycles. The molecule has 2 aliphatic heterocycles.